The molecule has 3 rings (SSSR count). The van der Waals surface area contributed by atoms with Crippen LogP contribution in [0.1, 0.15) is 16.9 Å². The molecule has 1 saturated heterocycles. The van der Waals surface area contributed by atoms with Crippen molar-refractivity contribution in [2.24, 2.45) is 0 Å². The second kappa shape index (κ2) is 6.10. The van der Waals surface area contributed by atoms with Crippen LogP contribution in [0, 0.1) is 6.92 Å². The summed E-state index contributed by atoms with van der Waals surface area (Å²) in [7, 11) is -0.832. The van der Waals surface area contributed by atoms with Crippen molar-refractivity contribution in [2.75, 3.05) is 18.6 Å². The van der Waals surface area contributed by atoms with Crippen molar-refractivity contribution in [2.45, 2.75) is 25.9 Å². The molecule has 22 heavy (non-hydrogen) atoms. The summed E-state index contributed by atoms with van der Waals surface area (Å²) >= 11 is 1.68. The number of nitrogens with zero attached hydrogens (tertiary/aromatic N) is 2. The number of thiazole rings is 1. The second-order valence-corrected chi connectivity index (χ2v) is 9.31. The Bertz CT molecular complexity index is 751. The minimum atomic E-state index is -2.83. The van der Waals surface area contributed by atoms with E-state index in [1.807, 2.05) is 13.2 Å². The predicted molar refractivity (Wildman–Crippen MR) is 90.8 cm³/mol. The van der Waals surface area contributed by atoms with E-state index in [4.69, 9.17) is 0 Å². The van der Waals surface area contributed by atoms with Crippen molar-refractivity contribution in [1.29, 1.82) is 0 Å². The van der Waals surface area contributed by atoms with Crippen molar-refractivity contribution in [3.05, 3.63) is 40.9 Å². The molecule has 1 aliphatic heterocycles. The average Bonchev–Trinajstić information content (AvgIpc) is 3.06. The van der Waals surface area contributed by atoms with Gasteiger partial charge in [0.15, 0.2) is 9.84 Å². The standard InChI is InChI=1S/C16H20N2O2S2/c1-12-3-5-13(6-4-12)16-17-9-15(21-16)10-18(2)14-7-8-22(19,20)11-14/h3-6,9,14H,7-8,10-11H2,1-2H3/t14-/m0/s1. The Kier molecular flexibility index (Phi) is 4.34. The van der Waals surface area contributed by atoms with Crippen molar-refractivity contribution in [1.82, 2.24) is 9.88 Å². The minimum absolute atomic E-state index is 0.134. The highest BCUT2D eigenvalue weighted by atomic mass is 32.2. The molecule has 1 aromatic carbocycles. The first-order valence-electron chi connectivity index (χ1n) is 7.35. The highest BCUT2D eigenvalue weighted by Crippen LogP contribution is 2.27. The first-order valence-corrected chi connectivity index (χ1v) is 9.99. The van der Waals surface area contributed by atoms with Gasteiger partial charge in [0.25, 0.3) is 0 Å². The van der Waals surface area contributed by atoms with Gasteiger partial charge in [-0.1, -0.05) is 29.8 Å². The molecular weight excluding hydrogens is 316 g/mol. The van der Waals surface area contributed by atoms with Crippen LogP contribution in [0.15, 0.2) is 30.5 Å². The van der Waals surface area contributed by atoms with Crippen LogP contribution in [0.5, 0.6) is 0 Å². The summed E-state index contributed by atoms with van der Waals surface area (Å²) in [5.41, 5.74) is 2.37. The van der Waals surface area contributed by atoms with Gasteiger partial charge >= 0.3 is 0 Å². The van der Waals surface area contributed by atoms with Gasteiger partial charge in [-0.15, -0.1) is 11.3 Å². The minimum Gasteiger partial charge on any atom is -0.297 e. The fourth-order valence-electron chi connectivity index (χ4n) is 2.71. The zero-order valence-electron chi connectivity index (χ0n) is 12.8. The number of hydrogen-bond donors (Lipinski definition) is 0. The summed E-state index contributed by atoms with van der Waals surface area (Å²) in [6.45, 7) is 2.82. The van der Waals surface area contributed by atoms with Crippen LogP contribution in [0.3, 0.4) is 0 Å². The van der Waals surface area contributed by atoms with Gasteiger partial charge in [0.1, 0.15) is 5.01 Å². The lowest BCUT2D eigenvalue weighted by Gasteiger charge is -2.21. The quantitative estimate of drug-likeness (QED) is 0.861. The summed E-state index contributed by atoms with van der Waals surface area (Å²) in [6, 6.07) is 8.49. The molecule has 1 atom stereocenters. The van der Waals surface area contributed by atoms with Crippen molar-refractivity contribution in [3.63, 3.8) is 0 Å². The molecule has 0 aliphatic carbocycles. The Morgan fingerprint density at radius 2 is 2.05 bits per heavy atom. The summed E-state index contributed by atoms with van der Waals surface area (Å²) in [5, 5.41) is 1.02. The molecule has 2 aromatic rings. The van der Waals surface area contributed by atoms with Crippen LogP contribution < -0.4 is 0 Å². The van der Waals surface area contributed by atoms with Gasteiger partial charge in [-0.3, -0.25) is 4.90 Å². The molecule has 0 bridgehead atoms. The average molecular weight is 336 g/mol. The maximum atomic E-state index is 11.6. The van der Waals surface area contributed by atoms with E-state index in [0.29, 0.717) is 5.75 Å². The molecule has 0 saturated carbocycles. The van der Waals surface area contributed by atoms with Crippen LogP contribution in [0.2, 0.25) is 0 Å². The van der Waals surface area contributed by atoms with Gasteiger partial charge in [0.05, 0.1) is 11.5 Å². The normalized spacial score (nSPS) is 20.6. The summed E-state index contributed by atoms with van der Waals surface area (Å²) in [4.78, 5) is 7.80. The molecule has 1 aliphatic rings. The lowest BCUT2D eigenvalue weighted by Crippen LogP contribution is -2.31. The molecule has 0 radical (unpaired) electrons. The van der Waals surface area contributed by atoms with Crippen LogP contribution in [-0.2, 0) is 16.4 Å². The zero-order valence-corrected chi connectivity index (χ0v) is 14.5. The Morgan fingerprint density at radius 1 is 1.32 bits per heavy atom. The maximum absolute atomic E-state index is 11.6. The molecule has 6 heteroatoms. The number of sulfone groups is 1. The van der Waals surface area contributed by atoms with E-state index >= 15 is 0 Å². The van der Waals surface area contributed by atoms with Crippen molar-refractivity contribution >= 4 is 21.2 Å². The predicted octanol–water partition coefficient (Wildman–Crippen LogP) is 2.74. The third kappa shape index (κ3) is 3.56. The molecule has 1 fully saturated rings. The van der Waals surface area contributed by atoms with Crippen LogP contribution in [0.25, 0.3) is 10.6 Å². The van der Waals surface area contributed by atoms with Crippen LogP contribution >= 0.6 is 11.3 Å². The number of hydrogen-bond acceptors (Lipinski definition) is 5. The van der Waals surface area contributed by atoms with Gasteiger partial charge in [-0.05, 0) is 20.4 Å². The van der Waals surface area contributed by atoms with E-state index < -0.39 is 9.84 Å². The molecule has 0 N–H and O–H groups in total. The number of benzene rings is 1. The first-order chi connectivity index (χ1) is 10.4. The van der Waals surface area contributed by atoms with E-state index in [0.717, 1.165) is 23.5 Å². The summed E-state index contributed by atoms with van der Waals surface area (Å²) in [6.07, 6.45) is 2.64. The smallest absolute Gasteiger partial charge is 0.151 e. The van der Waals surface area contributed by atoms with Gasteiger partial charge in [0.2, 0.25) is 0 Å². The van der Waals surface area contributed by atoms with Crippen LogP contribution in [0.4, 0.5) is 0 Å². The van der Waals surface area contributed by atoms with E-state index in [1.54, 1.807) is 11.3 Å². The van der Waals surface area contributed by atoms with E-state index in [2.05, 4.69) is 41.1 Å². The van der Waals surface area contributed by atoms with Crippen molar-refractivity contribution < 1.29 is 8.42 Å². The zero-order chi connectivity index (χ0) is 15.7. The monoisotopic (exact) mass is 336 g/mol. The third-order valence-electron chi connectivity index (χ3n) is 4.09. The second-order valence-electron chi connectivity index (χ2n) is 5.97. The van der Waals surface area contributed by atoms with E-state index in [9.17, 15) is 8.42 Å². The SMILES string of the molecule is Cc1ccc(-c2ncc(CN(C)[C@H]3CCS(=O)(=O)C3)s2)cc1. The van der Waals surface area contributed by atoms with E-state index in [-0.39, 0.29) is 11.8 Å². The summed E-state index contributed by atoms with van der Waals surface area (Å²) < 4.78 is 23.2. The largest absolute Gasteiger partial charge is 0.297 e. The lowest BCUT2D eigenvalue weighted by molar-refractivity contribution is 0.256. The fourth-order valence-corrected chi connectivity index (χ4v) is 5.49. The van der Waals surface area contributed by atoms with E-state index in [1.165, 1.54) is 10.4 Å². The van der Waals surface area contributed by atoms with Gasteiger partial charge < -0.3 is 0 Å². The molecule has 0 unspecified atom stereocenters. The van der Waals surface area contributed by atoms with Crippen molar-refractivity contribution in [3.8, 4) is 10.6 Å². The Hall–Kier alpha value is -1.24. The topological polar surface area (TPSA) is 50.3 Å². The number of aromatic nitrogens is 1. The molecule has 0 amide bonds. The lowest BCUT2D eigenvalue weighted by atomic mass is 10.2. The van der Waals surface area contributed by atoms with Gasteiger partial charge in [-0.2, -0.15) is 0 Å². The fraction of sp³-hybridized carbons (Fsp3) is 0.438. The molecule has 4 nitrogen and oxygen atoms in total. The van der Waals surface area contributed by atoms with Gasteiger partial charge in [0, 0.05) is 29.2 Å². The molecule has 0 spiro atoms. The van der Waals surface area contributed by atoms with Crippen LogP contribution in [-0.4, -0.2) is 42.9 Å². The molecule has 2 heterocycles. The summed E-state index contributed by atoms with van der Waals surface area (Å²) in [5.74, 6) is 0.604. The van der Waals surface area contributed by atoms with Gasteiger partial charge in [-0.25, -0.2) is 13.4 Å². The molecule has 118 valence electrons. The highest BCUT2D eigenvalue weighted by Gasteiger charge is 2.30. The Morgan fingerprint density at radius 3 is 2.68 bits per heavy atom. The number of rotatable bonds is 4. The first kappa shape index (κ1) is 15.6. The Balaban J connectivity index is 1.68. The number of aryl methyl sites for hydroxylation is 1. The Labute approximate surface area is 135 Å². The maximum Gasteiger partial charge on any atom is 0.151 e. The molecular formula is C16H20N2O2S2. The molecule has 1 aromatic heterocycles. The third-order valence-corrected chi connectivity index (χ3v) is 6.87. The highest BCUT2D eigenvalue weighted by molar-refractivity contribution is 7.91.